The normalized spacial score (nSPS) is 17.3. The number of amides is 2. The number of fused-ring (bicyclic) bond motifs is 1. The molecule has 0 radical (unpaired) electrons. The van der Waals surface area contributed by atoms with Gasteiger partial charge >= 0.3 is 0 Å². The molecule has 2 aliphatic rings. The molecule has 2 aromatic rings. The van der Waals surface area contributed by atoms with Gasteiger partial charge in [-0.15, -0.1) is 0 Å². The Kier molecular flexibility index (Phi) is 4.38. The Hall–Kier alpha value is -2.44. The second kappa shape index (κ2) is 6.70. The number of hydrogen-bond donors (Lipinski definition) is 1. The van der Waals surface area contributed by atoms with E-state index in [-0.39, 0.29) is 11.8 Å². The zero-order valence-corrected chi connectivity index (χ0v) is 15.4. The number of likely N-dealkylation sites (tertiary alicyclic amines) is 1. The van der Waals surface area contributed by atoms with Gasteiger partial charge in [-0.25, -0.2) is 4.98 Å². The minimum absolute atomic E-state index is 0.0804. The predicted molar refractivity (Wildman–Crippen MR) is 98.0 cm³/mol. The lowest BCUT2D eigenvalue weighted by molar-refractivity contribution is -0.127. The Morgan fingerprint density at radius 1 is 1.38 bits per heavy atom. The van der Waals surface area contributed by atoms with Crippen LogP contribution in [0.2, 0.25) is 0 Å². The molecule has 0 atom stereocenters. The van der Waals surface area contributed by atoms with Gasteiger partial charge in [-0.2, -0.15) is 5.10 Å². The van der Waals surface area contributed by atoms with Gasteiger partial charge in [-0.1, -0.05) is 0 Å². The van der Waals surface area contributed by atoms with E-state index in [9.17, 15) is 9.59 Å². The molecule has 7 nitrogen and oxygen atoms in total. The van der Waals surface area contributed by atoms with Gasteiger partial charge in [-0.3, -0.25) is 14.3 Å². The lowest BCUT2D eigenvalue weighted by Gasteiger charge is -2.15. The molecule has 1 saturated heterocycles. The van der Waals surface area contributed by atoms with Crippen molar-refractivity contribution in [2.45, 2.75) is 44.9 Å². The molecule has 1 aliphatic carbocycles. The molecule has 4 rings (SSSR count). The number of nitrogens with zero attached hydrogens (tertiary/aromatic N) is 4. The van der Waals surface area contributed by atoms with Crippen LogP contribution in [-0.2, 0) is 11.8 Å². The first-order valence-corrected chi connectivity index (χ1v) is 9.45. The van der Waals surface area contributed by atoms with Crippen LogP contribution in [0.5, 0.6) is 0 Å². The molecule has 26 heavy (non-hydrogen) atoms. The molecule has 0 unspecified atom stereocenters. The highest BCUT2D eigenvalue weighted by Crippen LogP contribution is 2.40. The van der Waals surface area contributed by atoms with Crippen molar-refractivity contribution in [3.63, 3.8) is 0 Å². The average molecular weight is 355 g/mol. The van der Waals surface area contributed by atoms with Gasteiger partial charge in [0.25, 0.3) is 5.91 Å². The zero-order valence-electron chi connectivity index (χ0n) is 15.4. The molecule has 0 spiro atoms. The van der Waals surface area contributed by atoms with Gasteiger partial charge in [0.1, 0.15) is 0 Å². The minimum atomic E-state index is -0.0804. The molecule has 0 bridgehead atoms. The Morgan fingerprint density at radius 3 is 2.88 bits per heavy atom. The quantitative estimate of drug-likeness (QED) is 0.803. The molecular weight excluding hydrogens is 330 g/mol. The molecule has 2 aromatic heterocycles. The van der Waals surface area contributed by atoms with Crippen molar-refractivity contribution in [2.24, 2.45) is 7.05 Å². The Morgan fingerprint density at radius 2 is 2.19 bits per heavy atom. The van der Waals surface area contributed by atoms with E-state index in [1.54, 1.807) is 4.68 Å². The average Bonchev–Trinajstić information content (AvgIpc) is 3.34. The smallest absolute Gasteiger partial charge is 0.252 e. The zero-order chi connectivity index (χ0) is 18.3. The first kappa shape index (κ1) is 17.0. The molecule has 2 amide bonds. The summed E-state index contributed by atoms with van der Waals surface area (Å²) in [6.07, 6.45) is 4.66. The van der Waals surface area contributed by atoms with E-state index in [4.69, 9.17) is 4.98 Å². The van der Waals surface area contributed by atoms with Crippen molar-refractivity contribution in [2.75, 3.05) is 19.6 Å². The molecule has 1 aliphatic heterocycles. The van der Waals surface area contributed by atoms with E-state index in [0.717, 1.165) is 54.6 Å². The maximum Gasteiger partial charge on any atom is 0.252 e. The first-order chi connectivity index (χ1) is 12.5. The summed E-state index contributed by atoms with van der Waals surface area (Å²) in [7, 11) is 1.87. The van der Waals surface area contributed by atoms with E-state index in [2.05, 4.69) is 10.4 Å². The highest BCUT2D eigenvalue weighted by atomic mass is 16.2. The van der Waals surface area contributed by atoms with Crippen molar-refractivity contribution in [3.05, 3.63) is 23.0 Å². The van der Waals surface area contributed by atoms with Gasteiger partial charge in [0.05, 0.1) is 16.6 Å². The number of carbonyl (C=O) groups excluding carboxylic acids is 2. The predicted octanol–water partition coefficient (Wildman–Crippen LogP) is 1.90. The van der Waals surface area contributed by atoms with Crippen LogP contribution in [-0.4, -0.2) is 51.1 Å². The van der Waals surface area contributed by atoms with Gasteiger partial charge in [0.15, 0.2) is 5.65 Å². The van der Waals surface area contributed by atoms with E-state index >= 15 is 0 Å². The number of nitrogens with one attached hydrogen (secondary N) is 1. The number of aryl methyl sites for hydroxylation is 2. The molecule has 0 aromatic carbocycles. The topological polar surface area (TPSA) is 80.1 Å². The Bertz CT molecular complexity index is 868. The first-order valence-electron chi connectivity index (χ1n) is 9.45. The molecule has 138 valence electrons. The van der Waals surface area contributed by atoms with E-state index in [1.165, 1.54) is 0 Å². The second-order valence-electron chi connectivity index (χ2n) is 7.37. The van der Waals surface area contributed by atoms with Crippen LogP contribution in [0.25, 0.3) is 11.0 Å². The summed E-state index contributed by atoms with van der Waals surface area (Å²) in [4.78, 5) is 31.1. The number of aromatic nitrogens is 3. The lowest BCUT2D eigenvalue weighted by Crippen LogP contribution is -2.30. The van der Waals surface area contributed by atoms with Gasteiger partial charge in [0.2, 0.25) is 5.91 Å². The number of hydrogen-bond acceptors (Lipinski definition) is 4. The summed E-state index contributed by atoms with van der Waals surface area (Å²) in [5.74, 6) is 0.623. The summed E-state index contributed by atoms with van der Waals surface area (Å²) < 4.78 is 1.76. The molecule has 3 heterocycles. The van der Waals surface area contributed by atoms with E-state index < -0.39 is 0 Å². The number of rotatable bonds is 6. The third-order valence-electron chi connectivity index (χ3n) is 5.29. The third kappa shape index (κ3) is 3.18. The van der Waals surface area contributed by atoms with Crippen molar-refractivity contribution in [3.8, 4) is 0 Å². The Labute approximate surface area is 152 Å². The summed E-state index contributed by atoms with van der Waals surface area (Å²) in [6, 6.07) is 1.94. The molecule has 1 N–H and O–H groups in total. The van der Waals surface area contributed by atoms with E-state index in [0.29, 0.717) is 31.0 Å². The van der Waals surface area contributed by atoms with Crippen LogP contribution < -0.4 is 5.32 Å². The van der Waals surface area contributed by atoms with Crippen LogP contribution in [0.15, 0.2) is 6.07 Å². The van der Waals surface area contributed by atoms with E-state index in [1.807, 2.05) is 24.9 Å². The second-order valence-corrected chi connectivity index (χ2v) is 7.37. The van der Waals surface area contributed by atoms with Crippen LogP contribution >= 0.6 is 0 Å². The Balaban J connectivity index is 1.48. The van der Waals surface area contributed by atoms with Gasteiger partial charge < -0.3 is 10.2 Å². The minimum Gasteiger partial charge on any atom is -0.352 e. The molecule has 1 saturated carbocycles. The standard InChI is InChI=1S/C19H25N5O2/c1-12-17-14(11-15(13-6-7-13)21-18(17)23(2)22-12)19(26)20-8-4-10-24-9-3-5-16(24)25/h11,13H,3-10H2,1-2H3,(H,20,26). The van der Waals surface area contributed by atoms with Crippen LogP contribution in [0, 0.1) is 6.92 Å². The number of carbonyl (C=O) groups is 2. The highest BCUT2D eigenvalue weighted by Gasteiger charge is 2.28. The summed E-state index contributed by atoms with van der Waals surface area (Å²) in [5, 5.41) is 8.29. The SMILES string of the molecule is Cc1nn(C)c2nc(C3CC3)cc(C(=O)NCCCN3CCCC3=O)c12. The largest absolute Gasteiger partial charge is 0.352 e. The highest BCUT2D eigenvalue weighted by molar-refractivity contribution is 6.06. The molecule has 7 heteroatoms. The lowest BCUT2D eigenvalue weighted by atomic mass is 10.1. The fraction of sp³-hybridized carbons (Fsp3) is 0.579. The maximum atomic E-state index is 12.8. The fourth-order valence-electron chi connectivity index (χ4n) is 3.74. The summed E-state index contributed by atoms with van der Waals surface area (Å²) >= 11 is 0. The third-order valence-corrected chi connectivity index (χ3v) is 5.29. The van der Waals surface area contributed by atoms with Gasteiger partial charge in [0, 0.05) is 44.7 Å². The summed E-state index contributed by atoms with van der Waals surface area (Å²) in [5.41, 5.74) is 3.26. The number of pyridine rings is 1. The maximum absolute atomic E-state index is 12.8. The van der Waals surface area contributed by atoms with Gasteiger partial charge in [-0.05, 0) is 38.7 Å². The van der Waals surface area contributed by atoms with Crippen molar-refractivity contribution in [1.82, 2.24) is 25.0 Å². The van der Waals surface area contributed by atoms with Crippen LogP contribution in [0.1, 0.15) is 59.8 Å². The van der Waals surface area contributed by atoms with Crippen LogP contribution in [0.3, 0.4) is 0 Å². The van der Waals surface area contributed by atoms with Crippen molar-refractivity contribution < 1.29 is 9.59 Å². The molecular formula is C19H25N5O2. The van der Waals surface area contributed by atoms with Crippen LogP contribution in [0.4, 0.5) is 0 Å². The van der Waals surface area contributed by atoms with Crippen molar-refractivity contribution in [1.29, 1.82) is 0 Å². The fourth-order valence-corrected chi connectivity index (χ4v) is 3.74. The summed E-state index contributed by atoms with van der Waals surface area (Å²) in [6.45, 7) is 4.03. The van der Waals surface area contributed by atoms with Crippen molar-refractivity contribution >= 4 is 22.8 Å². The monoisotopic (exact) mass is 355 g/mol. The molecule has 2 fully saturated rings.